The molecule has 0 aliphatic rings. The van der Waals surface area contributed by atoms with E-state index in [0.717, 1.165) is 70.6 Å². The molecule has 9 nitrogen and oxygen atoms in total. The van der Waals surface area contributed by atoms with Crippen LogP contribution >= 0.6 is 7.82 Å². The van der Waals surface area contributed by atoms with Crippen LogP contribution in [-0.4, -0.2) is 74.9 Å². The number of likely N-dealkylation sites (N-methyl/N-ethyl adjacent to an activating group) is 1. The van der Waals surface area contributed by atoms with Gasteiger partial charge in [0.25, 0.3) is 0 Å². The molecular formula is C70H123NO8P+. The average molecular weight is 1140 g/mol. The van der Waals surface area contributed by atoms with Gasteiger partial charge in [0.1, 0.15) is 19.8 Å². The predicted molar refractivity (Wildman–Crippen MR) is 344 cm³/mol. The number of rotatable bonds is 59. The first-order chi connectivity index (χ1) is 39.0. The lowest BCUT2D eigenvalue weighted by Crippen LogP contribution is -2.37. The fourth-order valence-corrected chi connectivity index (χ4v) is 9.56. The van der Waals surface area contributed by atoms with Crippen molar-refractivity contribution in [2.75, 3.05) is 47.5 Å². The maximum absolute atomic E-state index is 12.8. The first-order valence-corrected chi connectivity index (χ1v) is 34.1. The Kier molecular flexibility index (Phi) is 57.8. The second-order valence-corrected chi connectivity index (χ2v) is 24.2. The molecule has 80 heavy (non-hydrogen) atoms. The fraction of sp³-hybridized carbons (Fsp3) is 0.714. The molecule has 0 radical (unpaired) electrons. The zero-order valence-electron chi connectivity index (χ0n) is 52.3. The summed E-state index contributed by atoms with van der Waals surface area (Å²) in [5.74, 6) is -0.894. The van der Waals surface area contributed by atoms with Gasteiger partial charge in [-0.25, -0.2) is 4.57 Å². The molecule has 0 saturated carbocycles. The molecule has 1 N–H and O–H groups in total. The number of hydrogen-bond donors (Lipinski definition) is 1. The number of phosphoric acid groups is 1. The summed E-state index contributed by atoms with van der Waals surface area (Å²) in [6.45, 7) is 4.23. The third-order valence-corrected chi connectivity index (χ3v) is 14.8. The van der Waals surface area contributed by atoms with Crippen LogP contribution in [0.2, 0.25) is 0 Å². The Bertz CT molecular complexity index is 1720. The van der Waals surface area contributed by atoms with E-state index in [1.54, 1.807) is 0 Å². The number of ether oxygens (including phenoxy) is 2. The molecule has 0 aromatic rings. The first-order valence-electron chi connectivity index (χ1n) is 32.6. The van der Waals surface area contributed by atoms with E-state index in [4.69, 9.17) is 18.5 Å². The Balaban J connectivity index is 4.04. The number of esters is 2. The van der Waals surface area contributed by atoms with Gasteiger partial charge in [0, 0.05) is 12.8 Å². The Morgan fingerprint density at radius 3 is 1.11 bits per heavy atom. The molecule has 0 aromatic carbocycles. The van der Waals surface area contributed by atoms with E-state index in [0.29, 0.717) is 17.4 Å². The highest BCUT2D eigenvalue weighted by Crippen LogP contribution is 2.43. The van der Waals surface area contributed by atoms with Crippen LogP contribution in [-0.2, 0) is 32.7 Å². The zero-order valence-corrected chi connectivity index (χ0v) is 53.2. The van der Waals surface area contributed by atoms with Crippen molar-refractivity contribution in [1.29, 1.82) is 0 Å². The van der Waals surface area contributed by atoms with Crippen molar-refractivity contribution < 1.29 is 42.1 Å². The summed E-state index contributed by atoms with van der Waals surface area (Å²) >= 11 is 0. The van der Waals surface area contributed by atoms with Gasteiger partial charge < -0.3 is 18.9 Å². The van der Waals surface area contributed by atoms with Gasteiger partial charge in [-0.1, -0.05) is 277 Å². The number of allylic oxidation sites excluding steroid dienone is 18. The van der Waals surface area contributed by atoms with Crippen LogP contribution in [0.25, 0.3) is 0 Å². The van der Waals surface area contributed by atoms with Crippen molar-refractivity contribution in [3.05, 3.63) is 109 Å². The summed E-state index contributed by atoms with van der Waals surface area (Å²) < 4.78 is 34.5. The van der Waals surface area contributed by atoms with Crippen molar-refractivity contribution in [2.45, 2.75) is 277 Å². The van der Waals surface area contributed by atoms with Crippen LogP contribution in [0, 0.1) is 0 Å². The molecule has 0 rings (SSSR count). The van der Waals surface area contributed by atoms with Crippen LogP contribution in [0.4, 0.5) is 0 Å². The Labute approximate surface area is 493 Å². The summed E-state index contributed by atoms with van der Waals surface area (Å²) in [4.78, 5) is 35.7. The maximum Gasteiger partial charge on any atom is 0.472 e. The molecule has 0 bridgehead atoms. The second-order valence-electron chi connectivity index (χ2n) is 22.8. The van der Waals surface area contributed by atoms with Gasteiger partial charge in [-0.05, 0) is 89.9 Å². The normalized spacial score (nSPS) is 13.9. The standard InChI is InChI=1S/C70H122NO8P/c1-6-8-10-12-14-16-18-20-22-24-26-27-28-29-30-31-32-33-34-35-36-37-38-39-40-41-42-43-45-46-48-50-52-54-56-58-60-62-69(72)76-66-68(67-78-80(74,75)77-65-64-71(3,4)5)79-70(73)63-61-59-57-55-53-51-49-47-44-25-23-21-19-17-15-13-11-9-7-2/h9,11,15,17-18,20-21,23-24,26,28-29,44,47,51,53,57,59,68H,6-8,10,12-14,16,19,22,25,27,30-43,45-46,48-50,52,54-56,58,60-67H2,1-5H3/p+1/b11-9-,17-15-,20-18-,23-21-,26-24-,29-28-,47-44-,53-51-,59-57-. The van der Waals surface area contributed by atoms with Gasteiger partial charge in [0.2, 0.25) is 0 Å². The van der Waals surface area contributed by atoms with Gasteiger partial charge in [-0.15, -0.1) is 0 Å². The molecular weight excluding hydrogens is 1010 g/mol. The Morgan fingerprint density at radius 1 is 0.400 bits per heavy atom. The molecule has 2 unspecified atom stereocenters. The monoisotopic (exact) mass is 1140 g/mol. The van der Waals surface area contributed by atoms with Crippen LogP contribution in [0.15, 0.2) is 109 Å². The fourth-order valence-electron chi connectivity index (χ4n) is 8.82. The Morgan fingerprint density at radius 2 is 0.738 bits per heavy atom. The molecule has 0 saturated heterocycles. The van der Waals surface area contributed by atoms with E-state index in [1.165, 1.54) is 167 Å². The molecule has 0 fully saturated rings. The minimum Gasteiger partial charge on any atom is -0.462 e. The molecule has 0 spiro atoms. The third-order valence-electron chi connectivity index (χ3n) is 13.8. The van der Waals surface area contributed by atoms with Crippen LogP contribution in [0.3, 0.4) is 0 Å². The van der Waals surface area contributed by atoms with E-state index >= 15 is 0 Å². The highest BCUT2D eigenvalue weighted by atomic mass is 31.2. The topological polar surface area (TPSA) is 108 Å². The first kappa shape index (κ1) is 76.7. The SMILES string of the molecule is CC/C=C\C/C=C\C/C=C\C/C=C\C/C=C\C/C=C\CCC(=O)OC(COC(=O)CCCCCCCCCCCCCCCCCCCCCCCC/C=C\C/C=C\C/C=C\CCCCCCC)COP(=O)(O)OCC[N+](C)(C)C. The molecule has 0 aliphatic heterocycles. The minimum atomic E-state index is -4.41. The van der Waals surface area contributed by atoms with Gasteiger partial charge in [-0.3, -0.25) is 18.6 Å². The number of carbonyl (C=O) groups is 2. The van der Waals surface area contributed by atoms with E-state index < -0.39 is 26.5 Å². The van der Waals surface area contributed by atoms with E-state index in [9.17, 15) is 19.0 Å². The largest absolute Gasteiger partial charge is 0.472 e. The van der Waals surface area contributed by atoms with Gasteiger partial charge >= 0.3 is 19.8 Å². The van der Waals surface area contributed by atoms with Crippen LogP contribution in [0.1, 0.15) is 271 Å². The summed E-state index contributed by atoms with van der Waals surface area (Å²) in [6.07, 6.45) is 85.0. The third kappa shape index (κ3) is 63.8. The van der Waals surface area contributed by atoms with Crippen molar-refractivity contribution >= 4 is 19.8 Å². The lowest BCUT2D eigenvalue weighted by molar-refractivity contribution is -0.870. The summed E-state index contributed by atoms with van der Waals surface area (Å²) in [5, 5.41) is 0. The Hall–Kier alpha value is -3.33. The lowest BCUT2D eigenvalue weighted by atomic mass is 10.0. The molecule has 10 heteroatoms. The molecule has 0 aliphatic carbocycles. The predicted octanol–water partition coefficient (Wildman–Crippen LogP) is 20.9. The van der Waals surface area contributed by atoms with Crippen molar-refractivity contribution in [2.24, 2.45) is 0 Å². The molecule has 0 aromatic heterocycles. The number of carbonyl (C=O) groups excluding carboxylic acids is 2. The average Bonchev–Trinajstić information content (AvgIpc) is 3.42. The summed E-state index contributed by atoms with van der Waals surface area (Å²) in [6, 6.07) is 0. The second kappa shape index (κ2) is 60.3. The summed E-state index contributed by atoms with van der Waals surface area (Å²) in [5.41, 5.74) is 0. The molecule has 0 amide bonds. The summed E-state index contributed by atoms with van der Waals surface area (Å²) in [7, 11) is 1.43. The number of unbranched alkanes of at least 4 members (excludes halogenated alkanes) is 27. The number of phosphoric ester groups is 1. The minimum absolute atomic E-state index is 0.0142. The maximum atomic E-state index is 12.8. The number of nitrogens with zero attached hydrogens (tertiary/aromatic N) is 1. The van der Waals surface area contributed by atoms with E-state index in [2.05, 4.69) is 111 Å². The molecule has 0 heterocycles. The van der Waals surface area contributed by atoms with Crippen molar-refractivity contribution in [1.82, 2.24) is 0 Å². The van der Waals surface area contributed by atoms with Crippen molar-refractivity contribution in [3.63, 3.8) is 0 Å². The van der Waals surface area contributed by atoms with Gasteiger partial charge in [-0.2, -0.15) is 0 Å². The zero-order chi connectivity index (χ0) is 58.4. The quantitative estimate of drug-likeness (QED) is 0.0211. The molecule has 460 valence electrons. The number of quaternary nitrogens is 1. The molecule has 2 atom stereocenters. The van der Waals surface area contributed by atoms with Crippen molar-refractivity contribution in [3.8, 4) is 0 Å². The van der Waals surface area contributed by atoms with Gasteiger partial charge in [0.15, 0.2) is 6.10 Å². The highest BCUT2D eigenvalue weighted by Gasteiger charge is 2.27. The van der Waals surface area contributed by atoms with E-state index in [-0.39, 0.29) is 32.0 Å². The van der Waals surface area contributed by atoms with Crippen LogP contribution < -0.4 is 0 Å². The highest BCUT2D eigenvalue weighted by molar-refractivity contribution is 7.47. The lowest BCUT2D eigenvalue weighted by Gasteiger charge is -2.24. The van der Waals surface area contributed by atoms with E-state index in [1.807, 2.05) is 33.3 Å². The smallest absolute Gasteiger partial charge is 0.462 e. The number of hydrogen-bond acceptors (Lipinski definition) is 7. The van der Waals surface area contributed by atoms with Gasteiger partial charge in [0.05, 0.1) is 27.7 Å². The van der Waals surface area contributed by atoms with Crippen LogP contribution in [0.5, 0.6) is 0 Å².